The largest absolute Gasteiger partial charge is 0.393 e. The van der Waals surface area contributed by atoms with Gasteiger partial charge in [-0.2, -0.15) is 0 Å². The second-order valence-corrected chi connectivity index (χ2v) is 7.78. The molecule has 0 amide bonds. The molecule has 3 N–H and O–H groups in total. The lowest BCUT2D eigenvalue weighted by atomic mass is 9.93. The predicted octanol–water partition coefficient (Wildman–Crippen LogP) is 1.84. The van der Waals surface area contributed by atoms with Gasteiger partial charge in [0.05, 0.1) is 11.0 Å². The van der Waals surface area contributed by atoms with Crippen molar-refractivity contribution >= 4 is 15.7 Å². The summed E-state index contributed by atoms with van der Waals surface area (Å²) in [6.07, 6.45) is 5.27. The van der Waals surface area contributed by atoms with Crippen molar-refractivity contribution in [2.45, 2.75) is 61.6 Å². The highest BCUT2D eigenvalue weighted by atomic mass is 32.2. The first-order valence-corrected chi connectivity index (χ1v) is 9.08. The summed E-state index contributed by atoms with van der Waals surface area (Å²) in [7, 11) is -3.36. The molecule has 0 aromatic heterocycles. The SMILES string of the molecule is O=S(=O)(NC1CC1)c1ccc(NC2CCC(O)CC2)cc1. The number of sulfonamides is 1. The molecule has 0 spiro atoms. The van der Waals surface area contributed by atoms with E-state index >= 15 is 0 Å². The Bertz CT molecular complexity index is 573. The van der Waals surface area contributed by atoms with Gasteiger partial charge in [-0.15, -0.1) is 0 Å². The fourth-order valence-corrected chi connectivity index (χ4v) is 3.98. The van der Waals surface area contributed by atoms with Crippen LogP contribution in [0.15, 0.2) is 29.2 Å². The first-order valence-electron chi connectivity index (χ1n) is 7.60. The molecule has 2 aliphatic carbocycles. The average Bonchev–Trinajstić information content (AvgIpc) is 3.25. The maximum Gasteiger partial charge on any atom is 0.240 e. The van der Waals surface area contributed by atoms with E-state index in [2.05, 4.69) is 10.0 Å². The maximum absolute atomic E-state index is 12.1. The lowest BCUT2D eigenvalue weighted by molar-refractivity contribution is 0.126. The zero-order valence-corrected chi connectivity index (χ0v) is 12.8. The van der Waals surface area contributed by atoms with Crippen LogP contribution in [0.5, 0.6) is 0 Å². The van der Waals surface area contributed by atoms with E-state index in [1.54, 1.807) is 12.1 Å². The van der Waals surface area contributed by atoms with Crippen molar-refractivity contribution < 1.29 is 13.5 Å². The van der Waals surface area contributed by atoms with Gasteiger partial charge < -0.3 is 10.4 Å². The zero-order chi connectivity index (χ0) is 14.9. The standard InChI is InChI=1S/C15H22N2O3S/c18-14-7-3-11(4-8-14)16-12-5-9-15(10-6-12)21(19,20)17-13-1-2-13/h5-6,9-11,13-14,16-18H,1-4,7-8H2. The molecule has 0 unspecified atom stereocenters. The Kier molecular flexibility index (Phi) is 4.19. The van der Waals surface area contributed by atoms with Gasteiger partial charge in [0, 0.05) is 17.8 Å². The fraction of sp³-hybridized carbons (Fsp3) is 0.600. The van der Waals surface area contributed by atoms with Crippen LogP contribution in [0.4, 0.5) is 5.69 Å². The van der Waals surface area contributed by atoms with Crippen molar-refractivity contribution in [1.82, 2.24) is 4.72 Å². The van der Waals surface area contributed by atoms with Crippen LogP contribution in [0, 0.1) is 0 Å². The number of hydrogen-bond donors (Lipinski definition) is 3. The average molecular weight is 310 g/mol. The molecule has 2 aliphatic rings. The predicted molar refractivity (Wildman–Crippen MR) is 81.7 cm³/mol. The van der Waals surface area contributed by atoms with Crippen LogP contribution < -0.4 is 10.0 Å². The van der Waals surface area contributed by atoms with E-state index < -0.39 is 10.0 Å². The van der Waals surface area contributed by atoms with E-state index in [0.29, 0.717) is 10.9 Å². The van der Waals surface area contributed by atoms with E-state index in [1.807, 2.05) is 12.1 Å². The summed E-state index contributed by atoms with van der Waals surface area (Å²) < 4.78 is 26.8. The van der Waals surface area contributed by atoms with Crippen LogP contribution in [0.3, 0.4) is 0 Å². The Morgan fingerprint density at radius 1 is 0.905 bits per heavy atom. The zero-order valence-electron chi connectivity index (χ0n) is 12.0. The molecular weight excluding hydrogens is 288 g/mol. The smallest absolute Gasteiger partial charge is 0.240 e. The lowest BCUT2D eigenvalue weighted by Crippen LogP contribution is -2.28. The Morgan fingerprint density at radius 2 is 1.48 bits per heavy atom. The van der Waals surface area contributed by atoms with Crippen LogP contribution in [0.2, 0.25) is 0 Å². The number of benzene rings is 1. The highest BCUT2D eigenvalue weighted by molar-refractivity contribution is 7.89. The minimum absolute atomic E-state index is 0.126. The van der Waals surface area contributed by atoms with Crippen molar-refractivity contribution in [3.8, 4) is 0 Å². The third-order valence-corrected chi connectivity index (χ3v) is 5.67. The molecule has 3 rings (SSSR count). The van der Waals surface area contributed by atoms with Gasteiger partial charge >= 0.3 is 0 Å². The molecule has 0 saturated heterocycles. The highest BCUT2D eigenvalue weighted by Gasteiger charge is 2.27. The molecule has 2 saturated carbocycles. The Hall–Kier alpha value is -1.11. The van der Waals surface area contributed by atoms with Crippen molar-refractivity contribution in [2.24, 2.45) is 0 Å². The quantitative estimate of drug-likeness (QED) is 0.775. The van der Waals surface area contributed by atoms with Crippen LogP contribution >= 0.6 is 0 Å². The topological polar surface area (TPSA) is 78.4 Å². The van der Waals surface area contributed by atoms with Gasteiger partial charge in [-0.05, 0) is 62.8 Å². The lowest BCUT2D eigenvalue weighted by Gasteiger charge is -2.27. The first-order chi connectivity index (χ1) is 10.0. The number of aliphatic hydroxyl groups excluding tert-OH is 1. The summed E-state index contributed by atoms with van der Waals surface area (Å²) in [5.74, 6) is 0. The van der Waals surface area contributed by atoms with Gasteiger partial charge in [-0.1, -0.05) is 0 Å². The van der Waals surface area contributed by atoms with E-state index in [0.717, 1.165) is 44.2 Å². The Balaban J connectivity index is 1.61. The Labute approximate surface area is 125 Å². The Morgan fingerprint density at radius 3 is 2.05 bits per heavy atom. The summed E-state index contributed by atoms with van der Waals surface area (Å²) in [6, 6.07) is 7.40. The van der Waals surface area contributed by atoms with E-state index in [1.165, 1.54) is 0 Å². The van der Waals surface area contributed by atoms with Gasteiger partial charge in [0.25, 0.3) is 0 Å². The van der Waals surface area contributed by atoms with Crippen LogP contribution in [-0.4, -0.2) is 31.7 Å². The second-order valence-electron chi connectivity index (χ2n) is 6.07. The number of aliphatic hydroxyl groups is 1. The van der Waals surface area contributed by atoms with E-state index in [4.69, 9.17) is 0 Å². The molecule has 116 valence electrons. The van der Waals surface area contributed by atoms with Gasteiger partial charge in [-0.3, -0.25) is 0 Å². The first kappa shape index (κ1) is 14.8. The van der Waals surface area contributed by atoms with Crippen LogP contribution in [0.1, 0.15) is 38.5 Å². The highest BCUT2D eigenvalue weighted by Crippen LogP contribution is 2.24. The van der Waals surface area contributed by atoms with E-state index in [-0.39, 0.29) is 12.1 Å². The molecule has 0 radical (unpaired) electrons. The molecule has 0 bridgehead atoms. The number of rotatable bonds is 5. The molecule has 0 heterocycles. The van der Waals surface area contributed by atoms with Crippen LogP contribution in [0.25, 0.3) is 0 Å². The summed E-state index contributed by atoms with van der Waals surface area (Å²) in [5, 5.41) is 12.9. The van der Waals surface area contributed by atoms with Crippen molar-refractivity contribution in [3.05, 3.63) is 24.3 Å². The fourth-order valence-electron chi connectivity index (χ4n) is 2.67. The van der Waals surface area contributed by atoms with Crippen molar-refractivity contribution in [3.63, 3.8) is 0 Å². The molecule has 0 atom stereocenters. The molecule has 2 fully saturated rings. The van der Waals surface area contributed by atoms with Gasteiger partial charge in [0.1, 0.15) is 0 Å². The maximum atomic E-state index is 12.1. The molecule has 1 aromatic carbocycles. The molecule has 21 heavy (non-hydrogen) atoms. The number of anilines is 1. The van der Waals surface area contributed by atoms with Crippen molar-refractivity contribution in [2.75, 3.05) is 5.32 Å². The third kappa shape index (κ3) is 3.96. The molecule has 6 heteroatoms. The monoisotopic (exact) mass is 310 g/mol. The molecular formula is C15H22N2O3S. The molecule has 5 nitrogen and oxygen atoms in total. The molecule has 1 aromatic rings. The summed E-state index contributed by atoms with van der Waals surface area (Å²) in [4.78, 5) is 0.319. The number of hydrogen-bond acceptors (Lipinski definition) is 4. The number of nitrogens with one attached hydrogen (secondary N) is 2. The summed E-state index contributed by atoms with van der Waals surface area (Å²) in [6.45, 7) is 0. The van der Waals surface area contributed by atoms with Gasteiger partial charge in [0.15, 0.2) is 0 Å². The van der Waals surface area contributed by atoms with E-state index in [9.17, 15) is 13.5 Å². The van der Waals surface area contributed by atoms with Gasteiger partial charge in [0.2, 0.25) is 10.0 Å². The minimum Gasteiger partial charge on any atom is -0.393 e. The molecule has 0 aliphatic heterocycles. The van der Waals surface area contributed by atoms with Gasteiger partial charge in [-0.25, -0.2) is 13.1 Å². The minimum atomic E-state index is -3.36. The third-order valence-electron chi connectivity index (χ3n) is 4.13. The normalized spacial score (nSPS) is 26.5. The summed E-state index contributed by atoms with van der Waals surface area (Å²) in [5.41, 5.74) is 0.932. The second kappa shape index (κ2) is 5.94. The van der Waals surface area contributed by atoms with Crippen LogP contribution in [-0.2, 0) is 10.0 Å². The summed E-state index contributed by atoms with van der Waals surface area (Å²) >= 11 is 0. The van der Waals surface area contributed by atoms with Crippen molar-refractivity contribution in [1.29, 1.82) is 0 Å².